The molecule has 2 N–H and O–H groups in total. The van der Waals surface area contributed by atoms with E-state index in [-0.39, 0.29) is 6.10 Å². The minimum atomic E-state index is -0.124. The van der Waals surface area contributed by atoms with Gasteiger partial charge in [0.1, 0.15) is 0 Å². The Bertz CT molecular complexity index is 173. The molecule has 0 spiro atoms. The van der Waals surface area contributed by atoms with Gasteiger partial charge in [0.15, 0.2) is 0 Å². The van der Waals surface area contributed by atoms with E-state index >= 15 is 0 Å². The molecule has 0 saturated heterocycles. The monoisotopic (exact) mass is 245 g/mol. The van der Waals surface area contributed by atoms with Crippen LogP contribution in [0.5, 0.6) is 0 Å². The Labute approximate surface area is 106 Å². The van der Waals surface area contributed by atoms with E-state index in [4.69, 9.17) is 12.2 Å². The Morgan fingerprint density at radius 1 is 1.12 bits per heavy atom. The molecule has 16 heavy (non-hydrogen) atoms. The van der Waals surface area contributed by atoms with Crippen LogP contribution >= 0.6 is 12.2 Å². The van der Waals surface area contributed by atoms with Crippen LogP contribution in [0.4, 0.5) is 0 Å². The Hall–Kier alpha value is -0.150. The first-order chi connectivity index (χ1) is 7.70. The predicted molar refractivity (Wildman–Crippen MR) is 74.9 cm³/mol. The number of rotatable bonds is 10. The van der Waals surface area contributed by atoms with E-state index in [1.807, 2.05) is 7.05 Å². The van der Waals surface area contributed by atoms with Gasteiger partial charge in [-0.2, -0.15) is 0 Å². The van der Waals surface area contributed by atoms with Gasteiger partial charge in [0, 0.05) is 7.05 Å². The van der Waals surface area contributed by atoms with Crippen LogP contribution in [0.2, 0.25) is 0 Å². The number of nitrogens with one attached hydrogen (secondary N) is 1. The maximum absolute atomic E-state index is 9.73. The molecule has 3 heteroatoms. The quantitative estimate of drug-likeness (QED) is 0.457. The second kappa shape index (κ2) is 11.3. The molecule has 0 amide bonds. The van der Waals surface area contributed by atoms with Crippen molar-refractivity contribution in [3.05, 3.63) is 0 Å². The van der Waals surface area contributed by atoms with E-state index in [0.29, 0.717) is 0 Å². The van der Waals surface area contributed by atoms with Crippen LogP contribution in [0.3, 0.4) is 0 Å². The summed E-state index contributed by atoms with van der Waals surface area (Å²) in [6.45, 7) is 2.22. The fourth-order valence-corrected chi connectivity index (χ4v) is 1.90. The number of hydrogen-bond donors (Lipinski definition) is 2. The molecule has 0 aromatic heterocycles. The molecule has 2 nitrogen and oxygen atoms in total. The van der Waals surface area contributed by atoms with Crippen molar-refractivity contribution < 1.29 is 5.11 Å². The van der Waals surface area contributed by atoms with Crippen molar-refractivity contribution in [2.24, 2.45) is 0 Å². The highest BCUT2D eigenvalue weighted by Gasteiger charge is 2.04. The van der Waals surface area contributed by atoms with E-state index in [0.717, 1.165) is 37.1 Å². The molecule has 0 aliphatic heterocycles. The van der Waals surface area contributed by atoms with Gasteiger partial charge in [-0.3, -0.25) is 0 Å². The van der Waals surface area contributed by atoms with Crippen LogP contribution in [0, 0.1) is 0 Å². The number of aliphatic hydroxyl groups is 1. The molecule has 0 aromatic rings. The zero-order valence-corrected chi connectivity index (χ0v) is 11.6. The molecule has 0 rings (SSSR count). The SMILES string of the molecule is CCCCCCC[C@H](O)CCCC(=S)NC. The topological polar surface area (TPSA) is 32.3 Å². The highest BCUT2D eigenvalue weighted by atomic mass is 32.1. The molecule has 0 aromatic carbocycles. The van der Waals surface area contributed by atoms with Crippen LogP contribution < -0.4 is 5.32 Å². The minimum absolute atomic E-state index is 0.124. The van der Waals surface area contributed by atoms with Crippen LogP contribution in [0.25, 0.3) is 0 Å². The van der Waals surface area contributed by atoms with Gasteiger partial charge < -0.3 is 10.4 Å². The molecule has 0 saturated carbocycles. The molecular formula is C13H27NOS. The van der Waals surface area contributed by atoms with Gasteiger partial charge in [0.2, 0.25) is 0 Å². The molecule has 1 atom stereocenters. The summed E-state index contributed by atoms with van der Waals surface area (Å²) >= 11 is 5.05. The van der Waals surface area contributed by atoms with Crippen molar-refractivity contribution in [2.75, 3.05) is 7.05 Å². The minimum Gasteiger partial charge on any atom is -0.393 e. The molecular weight excluding hydrogens is 218 g/mol. The summed E-state index contributed by atoms with van der Waals surface area (Å²) in [7, 11) is 1.85. The molecule has 96 valence electrons. The van der Waals surface area contributed by atoms with Crippen LogP contribution in [0.15, 0.2) is 0 Å². The molecule has 0 radical (unpaired) electrons. The fraction of sp³-hybridized carbons (Fsp3) is 0.923. The third-order valence-electron chi connectivity index (χ3n) is 2.86. The second-order valence-corrected chi connectivity index (χ2v) is 4.91. The predicted octanol–water partition coefficient (Wildman–Crippen LogP) is 3.42. The third-order valence-corrected chi connectivity index (χ3v) is 3.27. The van der Waals surface area contributed by atoms with Crippen molar-refractivity contribution in [2.45, 2.75) is 70.8 Å². The third kappa shape index (κ3) is 10.4. The lowest BCUT2D eigenvalue weighted by Crippen LogP contribution is -2.16. The maximum atomic E-state index is 9.73. The van der Waals surface area contributed by atoms with Crippen molar-refractivity contribution >= 4 is 17.2 Å². The molecule has 0 unspecified atom stereocenters. The standard InChI is InChI=1S/C13H27NOS/c1-3-4-5-6-7-9-12(15)10-8-11-13(16)14-2/h12,15H,3-11H2,1-2H3,(H,14,16)/t12-/m0/s1. The van der Waals surface area contributed by atoms with Crippen LogP contribution in [-0.4, -0.2) is 23.2 Å². The van der Waals surface area contributed by atoms with Crippen molar-refractivity contribution in [1.82, 2.24) is 5.32 Å². The summed E-state index contributed by atoms with van der Waals surface area (Å²) in [5.74, 6) is 0. The number of unbranched alkanes of at least 4 members (excludes halogenated alkanes) is 4. The van der Waals surface area contributed by atoms with Gasteiger partial charge >= 0.3 is 0 Å². The van der Waals surface area contributed by atoms with Crippen molar-refractivity contribution in [1.29, 1.82) is 0 Å². The molecule has 0 bridgehead atoms. The second-order valence-electron chi connectivity index (χ2n) is 4.42. The first kappa shape index (κ1) is 15.9. The normalized spacial score (nSPS) is 12.4. The Morgan fingerprint density at radius 2 is 1.75 bits per heavy atom. The highest BCUT2D eigenvalue weighted by Crippen LogP contribution is 2.11. The van der Waals surface area contributed by atoms with Crippen molar-refractivity contribution in [3.8, 4) is 0 Å². The Kier molecular flexibility index (Phi) is 11.2. The van der Waals surface area contributed by atoms with E-state index in [1.165, 1.54) is 25.7 Å². The van der Waals surface area contributed by atoms with E-state index in [9.17, 15) is 5.11 Å². The van der Waals surface area contributed by atoms with Crippen molar-refractivity contribution in [3.63, 3.8) is 0 Å². The fourth-order valence-electron chi connectivity index (χ4n) is 1.75. The molecule has 0 aliphatic rings. The number of aliphatic hydroxyl groups excluding tert-OH is 1. The maximum Gasteiger partial charge on any atom is 0.0750 e. The molecule has 0 fully saturated rings. The van der Waals surface area contributed by atoms with Gasteiger partial charge in [-0.1, -0.05) is 51.2 Å². The molecule has 0 aliphatic carbocycles. The summed E-state index contributed by atoms with van der Waals surface area (Å²) in [6.07, 6.45) is 9.96. The zero-order valence-electron chi connectivity index (χ0n) is 10.8. The van der Waals surface area contributed by atoms with Gasteiger partial charge in [-0.25, -0.2) is 0 Å². The number of hydrogen-bond acceptors (Lipinski definition) is 2. The summed E-state index contributed by atoms with van der Waals surface area (Å²) in [6, 6.07) is 0. The Balaban J connectivity index is 3.24. The lowest BCUT2D eigenvalue weighted by molar-refractivity contribution is 0.149. The van der Waals surface area contributed by atoms with Gasteiger partial charge in [0.25, 0.3) is 0 Å². The summed E-state index contributed by atoms with van der Waals surface area (Å²) < 4.78 is 0. The summed E-state index contributed by atoms with van der Waals surface area (Å²) in [5, 5.41) is 12.7. The first-order valence-corrected chi connectivity index (χ1v) is 7.00. The van der Waals surface area contributed by atoms with Gasteiger partial charge in [-0.05, 0) is 25.7 Å². The van der Waals surface area contributed by atoms with Gasteiger partial charge in [0.05, 0.1) is 11.1 Å². The Morgan fingerprint density at radius 3 is 2.38 bits per heavy atom. The van der Waals surface area contributed by atoms with Crippen LogP contribution in [0.1, 0.15) is 64.7 Å². The highest BCUT2D eigenvalue weighted by molar-refractivity contribution is 7.80. The smallest absolute Gasteiger partial charge is 0.0750 e. The first-order valence-electron chi connectivity index (χ1n) is 6.59. The largest absolute Gasteiger partial charge is 0.393 e. The number of thiocarbonyl (C=S) groups is 1. The van der Waals surface area contributed by atoms with E-state index in [2.05, 4.69) is 12.2 Å². The summed E-state index contributed by atoms with van der Waals surface area (Å²) in [5.41, 5.74) is 0. The van der Waals surface area contributed by atoms with Gasteiger partial charge in [-0.15, -0.1) is 0 Å². The summed E-state index contributed by atoms with van der Waals surface area (Å²) in [4.78, 5) is 0.898. The lowest BCUT2D eigenvalue weighted by atomic mass is 10.0. The van der Waals surface area contributed by atoms with E-state index in [1.54, 1.807) is 0 Å². The lowest BCUT2D eigenvalue weighted by Gasteiger charge is -2.10. The zero-order chi connectivity index (χ0) is 12.2. The average molecular weight is 245 g/mol. The van der Waals surface area contributed by atoms with Crippen LogP contribution in [-0.2, 0) is 0 Å². The molecule has 0 heterocycles. The average Bonchev–Trinajstić information content (AvgIpc) is 2.28. The van der Waals surface area contributed by atoms with E-state index < -0.39 is 0 Å².